The molecule has 21 heavy (non-hydrogen) atoms. The third-order valence-electron chi connectivity index (χ3n) is 4.07. The van der Waals surface area contributed by atoms with Crippen LogP contribution in [0.15, 0.2) is 0 Å². The first-order chi connectivity index (χ1) is 10.0. The van der Waals surface area contributed by atoms with Crippen molar-refractivity contribution < 1.29 is 0 Å². The van der Waals surface area contributed by atoms with Crippen molar-refractivity contribution in [1.82, 2.24) is 20.0 Å². The molecule has 1 fully saturated rings. The molecule has 1 N–H and O–H groups in total. The van der Waals surface area contributed by atoms with Crippen LogP contribution in [-0.4, -0.2) is 54.5 Å². The summed E-state index contributed by atoms with van der Waals surface area (Å²) in [6.45, 7) is 8.53. The van der Waals surface area contributed by atoms with Crippen molar-refractivity contribution >= 4 is 5.82 Å². The molecule has 1 aliphatic carbocycles. The molecule has 0 amide bonds. The zero-order valence-electron chi connectivity index (χ0n) is 14.3. The molecule has 1 heterocycles. The maximum Gasteiger partial charge on any atom is 0.131 e. The molecule has 0 atom stereocenters. The lowest BCUT2D eigenvalue weighted by molar-refractivity contribution is 0.411. The van der Waals surface area contributed by atoms with E-state index in [0.717, 1.165) is 44.3 Å². The van der Waals surface area contributed by atoms with E-state index in [2.05, 4.69) is 59.9 Å². The first kappa shape index (κ1) is 16.3. The quantitative estimate of drug-likeness (QED) is 0.753. The zero-order chi connectivity index (χ0) is 15.4. The number of aryl methyl sites for hydroxylation is 2. The first-order valence-electron chi connectivity index (χ1n) is 8.18. The van der Waals surface area contributed by atoms with E-state index in [-0.39, 0.29) is 0 Å². The highest BCUT2D eigenvalue weighted by Gasteiger charge is 2.24. The van der Waals surface area contributed by atoms with Crippen molar-refractivity contribution in [2.45, 2.75) is 45.7 Å². The highest BCUT2D eigenvalue weighted by Crippen LogP contribution is 2.26. The van der Waals surface area contributed by atoms with Gasteiger partial charge in [-0.05, 0) is 40.3 Å². The van der Waals surface area contributed by atoms with Crippen LogP contribution in [0.3, 0.4) is 0 Å². The number of anilines is 1. The summed E-state index contributed by atoms with van der Waals surface area (Å²) in [7, 11) is 6.34. The fourth-order valence-electron chi connectivity index (χ4n) is 2.74. The van der Waals surface area contributed by atoms with Gasteiger partial charge in [0, 0.05) is 44.8 Å². The first-order valence-corrected chi connectivity index (χ1v) is 8.18. The summed E-state index contributed by atoms with van der Waals surface area (Å²) in [4.78, 5) is 4.73. The number of rotatable bonds is 9. The van der Waals surface area contributed by atoms with E-state index in [9.17, 15) is 0 Å². The Labute approximate surface area is 129 Å². The van der Waals surface area contributed by atoms with Gasteiger partial charge in [-0.15, -0.1) is 0 Å². The van der Waals surface area contributed by atoms with Crippen molar-refractivity contribution in [3.8, 4) is 0 Å². The smallest absolute Gasteiger partial charge is 0.131 e. The number of aromatic nitrogens is 2. The lowest BCUT2D eigenvalue weighted by Gasteiger charge is -2.27. The summed E-state index contributed by atoms with van der Waals surface area (Å²) >= 11 is 0. The van der Waals surface area contributed by atoms with Crippen LogP contribution < -0.4 is 10.2 Å². The van der Waals surface area contributed by atoms with E-state index in [0.29, 0.717) is 0 Å². The summed E-state index contributed by atoms with van der Waals surface area (Å²) in [6.07, 6.45) is 3.81. The normalized spacial score (nSPS) is 15.0. The Hall–Kier alpha value is -1.07. The van der Waals surface area contributed by atoms with Crippen molar-refractivity contribution in [2.24, 2.45) is 7.05 Å². The van der Waals surface area contributed by atoms with Crippen LogP contribution in [0.25, 0.3) is 0 Å². The van der Waals surface area contributed by atoms with E-state index in [4.69, 9.17) is 0 Å². The summed E-state index contributed by atoms with van der Waals surface area (Å²) < 4.78 is 2.06. The lowest BCUT2D eigenvalue weighted by atomic mass is 10.2. The number of likely N-dealkylation sites (N-methyl/N-ethyl adjacent to an activating group) is 1. The van der Waals surface area contributed by atoms with Gasteiger partial charge in [-0.25, -0.2) is 0 Å². The summed E-state index contributed by atoms with van der Waals surface area (Å²) in [5, 5.41) is 8.30. The Morgan fingerprint density at radius 2 is 1.95 bits per heavy atom. The molecule has 0 radical (unpaired) electrons. The van der Waals surface area contributed by atoms with Gasteiger partial charge >= 0.3 is 0 Å². The second kappa shape index (κ2) is 7.27. The molecular weight excluding hydrogens is 262 g/mol. The molecule has 1 saturated carbocycles. The number of nitrogens with one attached hydrogen (secondary N) is 1. The fourth-order valence-corrected chi connectivity index (χ4v) is 2.74. The van der Waals surface area contributed by atoms with Crippen molar-refractivity contribution in [3.63, 3.8) is 0 Å². The van der Waals surface area contributed by atoms with Crippen LogP contribution in [-0.2, 0) is 13.6 Å². The van der Waals surface area contributed by atoms with E-state index >= 15 is 0 Å². The average molecular weight is 293 g/mol. The van der Waals surface area contributed by atoms with Gasteiger partial charge in [0.2, 0.25) is 0 Å². The topological polar surface area (TPSA) is 36.3 Å². The Morgan fingerprint density at radius 3 is 2.52 bits per heavy atom. The van der Waals surface area contributed by atoms with Gasteiger partial charge in [0.25, 0.3) is 0 Å². The molecule has 2 rings (SSSR count). The molecule has 1 aromatic rings. The molecule has 0 bridgehead atoms. The highest BCUT2D eigenvalue weighted by atomic mass is 15.4. The molecule has 1 aromatic heterocycles. The standard InChI is InChI=1S/C16H31N5/c1-6-9-21(11-10-19(3)4)16-15(12-17-14-7-8-14)13(2)18-20(16)5/h14,17H,6-12H2,1-5H3. The Kier molecular flexibility index (Phi) is 5.65. The van der Waals surface area contributed by atoms with Gasteiger partial charge in [0.1, 0.15) is 5.82 Å². The molecule has 0 aromatic carbocycles. The van der Waals surface area contributed by atoms with E-state index < -0.39 is 0 Å². The largest absolute Gasteiger partial charge is 0.355 e. The minimum atomic E-state index is 0.735. The van der Waals surface area contributed by atoms with Gasteiger partial charge < -0.3 is 15.1 Å². The minimum Gasteiger partial charge on any atom is -0.355 e. The molecular formula is C16H31N5. The van der Waals surface area contributed by atoms with Crippen LogP contribution >= 0.6 is 0 Å². The Balaban J connectivity index is 2.15. The van der Waals surface area contributed by atoms with Crippen molar-refractivity contribution in [2.75, 3.05) is 38.6 Å². The monoisotopic (exact) mass is 293 g/mol. The Bertz CT molecular complexity index is 448. The summed E-state index contributed by atoms with van der Waals surface area (Å²) in [5.41, 5.74) is 2.53. The fraction of sp³-hybridized carbons (Fsp3) is 0.812. The van der Waals surface area contributed by atoms with Gasteiger partial charge in [0.15, 0.2) is 0 Å². The third-order valence-corrected chi connectivity index (χ3v) is 4.07. The van der Waals surface area contributed by atoms with Crippen LogP contribution in [0.2, 0.25) is 0 Å². The second-order valence-corrected chi connectivity index (χ2v) is 6.46. The second-order valence-electron chi connectivity index (χ2n) is 6.46. The predicted molar refractivity (Wildman–Crippen MR) is 88.9 cm³/mol. The number of hydrogen-bond acceptors (Lipinski definition) is 4. The van der Waals surface area contributed by atoms with Crippen molar-refractivity contribution in [1.29, 1.82) is 0 Å². The third kappa shape index (κ3) is 4.45. The Morgan fingerprint density at radius 1 is 1.24 bits per heavy atom. The van der Waals surface area contributed by atoms with E-state index in [1.807, 2.05) is 0 Å². The number of hydrogen-bond donors (Lipinski definition) is 1. The molecule has 1 aliphatic rings. The maximum absolute atomic E-state index is 4.66. The van der Waals surface area contributed by atoms with Crippen molar-refractivity contribution in [3.05, 3.63) is 11.3 Å². The zero-order valence-corrected chi connectivity index (χ0v) is 14.3. The van der Waals surface area contributed by atoms with Gasteiger partial charge in [-0.2, -0.15) is 5.10 Å². The van der Waals surface area contributed by atoms with Crippen LogP contribution in [0.4, 0.5) is 5.82 Å². The average Bonchev–Trinajstić information content (AvgIpc) is 3.19. The van der Waals surface area contributed by atoms with E-state index in [1.54, 1.807) is 0 Å². The van der Waals surface area contributed by atoms with Crippen LogP contribution in [0.5, 0.6) is 0 Å². The summed E-state index contributed by atoms with van der Waals surface area (Å²) in [6, 6.07) is 0.735. The molecule has 5 heteroatoms. The number of nitrogens with zero attached hydrogens (tertiary/aromatic N) is 4. The maximum atomic E-state index is 4.66. The van der Waals surface area contributed by atoms with Gasteiger partial charge in [-0.1, -0.05) is 6.92 Å². The molecule has 0 unspecified atom stereocenters. The van der Waals surface area contributed by atoms with Crippen LogP contribution in [0.1, 0.15) is 37.4 Å². The molecule has 120 valence electrons. The molecule has 0 spiro atoms. The van der Waals surface area contributed by atoms with Gasteiger partial charge in [0.05, 0.1) is 5.69 Å². The highest BCUT2D eigenvalue weighted by molar-refractivity contribution is 5.50. The van der Waals surface area contributed by atoms with Gasteiger partial charge in [-0.3, -0.25) is 4.68 Å². The molecule has 5 nitrogen and oxygen atoms in total. The van der Waals surface area contributed by atoms with E-state index in [1.165, 1.54) is 24.2 Å². The summed E-state index contributed by atoms with van der Waals surface area (Å²) in [5.74, 6) is 1.30. The minimum absolute atomic E-state index is 0.735. The van der Waals surface area contributed by atoms with Crippen LogP contribution in [0, 0.1) is 6.92 Å². The SMILES string of the molecule is CCCN(CCN(C)C)c1c(CNC2CC2)c(C)nn1C. The lowest BCUT2D eigenvalue weighted by Crippen LogP contribution is -2.34. The molecule has 0 aliphatic heterocycles. The molecule has 0 saturated heterocycles. The predicted octanol–water partition coefficient (Wildman–Crippen LogP) is 1.76.